The molecule has 0 aliphatic carbocycles. The van der Waals surface area contributed by atoms with E-state index in [0.29, 0.717) is 29.8 Å². The Balaban J connectivity index is 1.97. The number of rotatable bonds is 4. The molecular weight excluding hydrogens is 292 g/mol. The van der Waals surface area contributed by atoms with Gasteiger partial charge in [0.1, 0.15) is 11.6 Å². The zero-order valence-corrected chi connectivity index (χ0v) is 12.5. The Morgan fingerprint density at radius 1 is 1.41 bits per heavy atom. The van der Waals surface area contributed by atoms with Crippen LogP contribution in [0.4, 0.5) is 8.78 Å². The van der Waals surface area contributed by atoms with E-state index >= 15 is 0 Å². The van der Waals surface area contributed by atoms with Crippen LogP contribution in [0.3, 0.4) is 0 Å². The second kappa shape index (κ2) is 6.97. The number of nitrogens with one attached hydrogen (secondary N) is 2. The predicted octanol–water partition coefficient (Wildman–Crippen LogP) is 2.08. The smallest absolute Gasteiger partial charge is 0.223 e. The minimum atomic E-state index is -0.608. The number of aromatic nitrogens is 2. The molecule has 1 heterocycles. The number of guanidine groups is 1. The largest absolute Gasteiger partial charge is 0.350 e. The monoisotopic (exact) mass is 309 g/mol. The molecule has 0 aliphatic rings. The van der Waals surface area contributed by atoms with Gasteiger partial charge in [0.15, 0.2) is 11.8 Å². The van der Waals surface area contributed by atoms with Crippen molar-refractivity contribution in [2.75, 3.05) is 7.05 Å². The van der Waals surface area contributed by atoms with Crippen LogP contribution in [-0.4, -0.2) is 23.1 Å². The zero-order chi connectivity index (χ0) is 16.1. The quantitative estimate of drug-likeness (QED) is 0.668. The summed E-state index contributed by atoms with van der Waals surface area (Å²) in [6.45, 7) is 3.76. The van der Waals surface area contributed by atoms with Crippen molar-refractivity contribution in [2.45, 2.75) is 26.4 Å². The van der Waals surface area contributed by atoms with E-state index in [1.165, 1.54) is 12.1 Å². The molecule has 0 bridgehead atoms. The Bertz CT molecular complexity index is 671. The van der Waals surface area contributed by atoms with Gasteiger partial charge >= 0.3 is 0 Å². The molecule has 22 heavy (non-hydrogen) atoms. The zero-order valence-electron chi connectivity index (χ0n) is 12.5. The standard InChI is InChI=1S/C14H17F2N5O/c1-8(11-5-4-10(15)6-12(11)16)19-14(17-3)18-7-13-20-9(2)22-21-13/h4-6,8H,7H2,1-3H3,(H2,17,18,19). The van der Waals surface area contributed by atoms with Gasteiger partial charge in [0, 0.05) is 25.6 Å². The maximum atomic E-state index is 13.7. The summed E-state index contributed by atoms with van der Waals surface area (Å²) in [6.07, 6.45) is 0. The van der Waals surface area contributed by atoms with Crippen molar-refractivity contribution in [1.29, 1.82) is 0 Å². The number of hydrogen-bond donors (Lipinski definition) is 2. The summed E-state index contributed by atoms with van der Waals surface area (Å²) in [6, 6.07) is 3.08. The van der Waals surface area contributed by atoms with Crippen molar-refractivity contribution >= 4 is 5.96 Å². The predicted molar refractivity (Wildman–Crippen MR) is 77.1 cm³/mol. The van der Waals surface area contributed by atoms with Crippen molar-refractivity contribution in [3.63, 3.8) is 0 Å². The fraction of sp³-hybridized carbons (Fsp3) is 0.357. The van der Waals surface area contributed by atoms with Crippen LogP contribution < -0.4 is 10.6 Å². The first-order chi connectivity index (χ1) is 10.5. The maximum absolute atomic E-state index is 13.7. The van der Waals surface area contributed by atoms with Gasteiger partial charge < -0.3 is 15.2 Å². The van der Waals surface area contributed by atoms with Crippen LogP contribution in [0.25, 0.3) is 0 Å². The second-order valence-electron chi connectivity index (χ2n) is 4.69. The summed E-state index contributed by atoms with van der Waals surface area (Å²) in [5.74, 6) is 0.189. The highest BCUT2D eigenvalue weighted by Gasteiger charge is 2.13. The number of halogens is 2. The van der Waals surface area contributed by atoms with Gasteiger partial charge in [-0.05, 0) is 13.0 Å². The van der Waals surface area contributed by atoms with E-state index in [4.69, 9.17) is 4.52 Å². The molecule has 2 aromatic rings. The SMILES string of the molecule is CN=C(NCc1noc(C)n1)NC(C)c1ccc(F)cc1F. The molecule has 2 rings (SSSR count). The van der Waals surface area contributed by atoms with Crippen molar-refractivity contribution in [1.82, 2.24) is 20.8 Å². The molecule has 0 spiro atoms. The van der Waals surface area contributed by atoms with Crippen LogP contribution in [0.5, 0.6) is 0 Å². The normalized spacial score (nSPS) is 13.0. The molecule has 6 nitrogen and oxygen atoms in total. The lowest BCUT2D eigenvalue weighted by atomic mass is 10.1. The van der Waals surface area contributed by atoms with Gasteiger partial charge in [-0.2, -0.15) is 4.98 Å². The van der Waals surface area contributed by atoms with Crippen molar-refractivity contribution < 1.29 is 13.3 Å². The van der Waals surface area contributed by atoms with E-state index in [2.05, 4.69) is 25.8 Å². The molecule has 0 saturated carbocycles. The van der Waals surface area contributed by atoms with Crippen molar-refractivity contribution in [3.05, 3.63) is 47.1 Å². The van der Waals surface area contributed by atoms with Gasteiger partial charge in [0.05, 0.1) is 12.6 Å². The van der Waals surface area contributed by atoms with Gasteiger partial charge in [-0.1, -0.05) is 11.2 Å². The van der Waals surface area contributed by atoms with E-state index in [-0.39, 0.29) is 6.04 Å². The fourth-order valence-corrected chi connectivity index (χ4v) is 1.91. The summed E-state index contributed by atoms with van der Waals surface area (Å²) >= 11 is 0. The highest BCUT2D eigenvalue weighted by Crippen LogP contribution is 2.17. The molecular formula is C14H17F2N5O. The average Bonchev–Trinajstić information content (AvgIpc) is 2.88. The molecule has 0 amide bonds. The van der Waals surface area contributed by atoms with Gasteiger partial charge in [0.25, 0.3) is 0 Å². The highest BCUT2D eigenvalue weighted by atomic mass is 19.1. The third-order valence-electron chi connectivity index (χ3n) is 2.99. The number of benzene rings is 1. The minimum Gasteiger partial charge on any atom is -0.350 e. The highest BCUT2D eigenvalue weighted by molar-refractivity contribution is 5.80. The molecule has 1 unspecified atom stereocenters. The topological polar surface area (TPSA) is 75.3 Å². The molecule has 0 fully saturated rings. The number of hydrogen-bond acceptors (Lipinski definition) is 4. The molecule has 2 N–H and O–H groups in total. The fourth-order valence-electron chi connectivity index (χ4n) is 1.91. The van der Waals surface area contributed by atoms with Gasteiger partial charge in [0.2, 0.25) is 5.89 Å². The summed E-state index contributed by atoms with van der Waals surface area (Å²) in [5.41, 5.74) is 0.347. The van der Waals surface area contributed by atoms with E-state index in [1.54, 1.807) is 20.9 Å². The molecule has 1 atom stereocenters. The Morgan fingerprint density at radius 2 is 2.18 bits per heavy atom. The Morgan fingerprint density at radius 3 is 2.77 bits per heavy atom. The molecule has 1 aromatic carbocycles. The van der Waals surface area contributed by atoms with Gasteiger partial charge in [-0.25, -0.2) is 8.78 Å². The first kappa shape index (κ1) is 15.9. The molecule has 1 aromatic heterocycles. The van der Waals surface area contributed by atoms with Crippen LogP contribution in [0.1, 0.15) is 30.2 Å². The molecule has 0 radical (unpaired) electrons. The van der Waals surface area contributed by atoms with Crippen LogP contribution in [0.2, 0.25) is 0 Å². The Hall–Kier alpha value is -2.51. The van der Waals surface area contributed by atoms with Crippen LogP contribution in [-0.2, 0) is 6.54 Å². The average molecular weight is 309 g/mol. The van der Waals surface area contributed by atoms with Crippen LogP contribution in [0, 0.1) is 18.6 Å². The summed E-state index contributed by atoms with van der Waals surface area (Å²) in [7, 11) is 1.59. The van der Waals surface area contributed by atoms with E-state index in [9.17, 15) is 8.78 Å². The molecule has 0 aliphatic heterocycles. The lowest BCUT2D eigenvalue weighted by Crippen LogP contribution is -2.38. The minimum absolute atomic E-state index is 0.315. The Labute approximate surface area is 126 Å². The first-order valence-corrected chi connectivity index (χ1v) is 6.71. The number of aliphatic imine (C=N–C) groups is 1. The molecule has 0 saturated heterocycles. The summed E-state index contributed by atoms with van der Waals surface area (Å²) in [5, 5.41) is 9.75. The maximum Gasteiger partial charge on any atom is 0.223 e. The lowest BCUT2D eigenvalue weighted by molar-refractivity contribution is 0.386. The third-order valence-corrected chi connectivity index (χ3v) is 2.99. The Kier molecular flexibility index (Phi) is 5.03. The lowest BCUT2D eigenvalue weighted by Gasteiger charge is -2.18. The third kappa shape index (κ3) is 4.00. The summed E-state index contributed by atoms with van der Waals surface area (Å²) < 4.78 is 31.5. The number of aryl methyl sites for hydroxylation is 1. The van der Waals surface area contributed by atoms with Gasteiger partial charge in [-0.3, -0.25) is 4.99 Å². The van der Waals surface area contributed by atoms with Crippen LogP contribution in [0.15, 0.2) is 27.7 Å². The second-order valence-corrected chi connectivity index (χ2v) is 4.69. The van der Waals surface area contributed by atoms with Crippen molar-refractivity contribution in [3.8, 4) is 0 Å². The number of nitrogens with zero attached hydrogens (tertiary/aromatic N) is 3. The van der Waals surface area contributed by atoms with E-state index in [0.717, 1.165) is 6.07 Å². The summed E-state index contributed by atoms with van der Waals surface area (Å²) in [4.78, 5) is 8.09. The molecule has 8 heteroatoms. The van der Waals surface area contributed by atoms with E-state index in [1.807, 2.05) is 0 Å². The van der Waals surface area contributed by atoms with Crippen LogP contribution >= 0.6 is 0 Å². The first-order valence-electron chi connectivity index (χ1n) is 6.71. The molecule has 118 valence electrons. The van der Waals surface area contributed by atoms with Crippen molar-refractivity contribution in [2.24, 2.45) is 4.99 Å². The van der Waals surface area contributed by atoms with E-state index < -0.39 is 11.6 Å². The van der Waals surface area contributed by atoms with Gasteiger partial charge in [-0.15, -0.1) is 0 Å².